The highest BCUT2D eigenvalue weighted by molar-refractivity contribution is 7.71. The van der Waals surface area contributed by atoms with Crippen LogP contribution in [0.2, 0.25) is 0 Å². The van der Waals surface area contributed by atoms with E-state index in [1.54, 1.807) is 19.2 Å². The van der Waals surface area contributed by atoms with E-state index < -0.39 is 5.95 Å². The summed E-state index contributed by atoms with van der Waals surface area (Å²) in [4.78, 5) is 23.5. The van der Waals surface area contributed by atoms with Crippen molar-refractivity contribution >= 4 is 12.2 Å². The molecule has 1 aliphatic heterocycles. The molecule has 110 valence electrons. The van der Waals surface area contributed by atoms with Gasteiger partial charge in [0, 0.05) is 43.5 Å². The molecule has 21 heavy (non-hydrogen) atoms. The first-order valence-electron chi connectivity index (χ1n) is 6.70. The molecule has 3 heterocycles. The number of pyridine rings is 1. The molecule has 0 radical (unpaired) electrons. The van der Waals surface area contributed by atoms with E-state index in [-0.39, 0.29) is 5.56 Å². The standard InChI is InChI=1S/C14H15FN4OS/c1-8-4-9(5-16-12(8)15)6-19-3-2-11-10(7-19)13(20)18-14(21)17-11/h4-5H,2-3,6-7H2,1H3,(H2,17,18,20,21). The molecule has 0 unspecified atom stereocenters. The number of aromatic amines is 2. The highest BCUT2D eigenvalue weighted by Gasteiger charge is 2.19. The van der Waals surface area contributed by atoms with Crippen molar-refractivity contribution in [3.63, 3.8) is 0 Å². The number of halogens is 1. The largest absolute Gasteiger partial charge is 0.335 e. The molecule has 0 fully saturated rings. The summed E-state index contributed by atoms with van der Waals surface area (Å²) in [5, 5.41) is 0. The van der Waals surface area contributed by atoms with Crippen LogP contribution >= 0.6 is 12.2 Å². The molecule has 2 aromatic rings. The predicted octanol–water partition coefficient (Wildman–Crippen LogP) is 1.83. The lowest BCUT2D eigenvalue weighted by molar-refractivity contribution is 0.241. The average Bonchev–Trinajstić information content (AvgIpc) is 2.43. The zero-order chi connectivity index (χ0) is 15.0. The first kappa shape index (κ1) is 14.1. The highest BCUT2D eigenvalue weighted by Crippen LogP contribution is 2.16. The summed E-state index contributed by atoms with van der Waals surface area (Å²) in [6.07, 6.45) is 2.29. The minimum Gasteiger partial charge on any atom is -0.335 e. The monoisotopic (exact) mass is 306 g/mol. The van der Waals surface area contributed by atoms with Crippen molar-refractivity contribution in [2.45, 2.75) is 26.4 Å². The number of fused-ring (bicyclic) bond motifs is 1. The minimum absolute atomic E-state index is 0.133. The average molecular weight is 306 g/mol. The first-order valence-corrected chi connectivity index (χ1v) is 7.11. The number of rotatable bonds is 2. The highest BCUT2D eigenvalue weighted by atomic mass is 32.1. The zero-order valence-electron chi connectivity index (χ0n) is 11.6. The Labute approximate surface area is 125 Å². The molecule has 0 saturated heterocycles. The van der Waals surface area contributed by atoms with Gasteiger partial charge in [0.25, 0.3) is 5.56 Å². The fraction of sp³-hybridized carbons (Fsp3) is 0.357. The molecule has 0 atom stereocenters. The summed E-state index contributed by atoms with van der Waals surface area (Å²) in [5.41, 5.74) is 2.98. The third kappa shape index (κ3) is 2.93. The zero-order valence-corrected chi connectivity index (χ0v) is 12.4. The smallest absolute Gasteiger partial charge is 0.256 e. The number of nitrogens with one attached hydrogen (secondary N) is 2. The lowest BCUT2D eigenvalue weighted by atomic mass is 10.1. The van der Waals surface area contributed by atoms with Crippen molar-refractivity contribution in [2.75, 3.05) is 6.54 Å². The second-order valence-electron chi connectivity index (χ2n) is 5.28. The van der Waals surface area contributed by atoms with Crippen molar-refractivity contribution in [3.05, 3.63) is 55.7 Å². The molecule has 1 aliphatic rings. The molecule has 5 nitrogen and oxygen atoms in total. The molecular weight excluding hydrogens is 291 g/mol. The second kappa shape index (κ2) is 5.50. The van der Waals surface area contributed by atoms with Crippen LogP contribution < -0.4 is 5.56 Å². The lowest BCUT2D eigenvalue weighted by Crippen LogP contribution is -2.35. The van der Waals surface area contributed by atoms with E-state index in [4.69, 9.17) is 12.2 Å². The van der Waals surface area contributed by atoms with E-state index in [9.17, 15) is 9.18 Å². The summed E-state index contributed by atoms with van der Waals surface area (Å²) in [7, 11) is 0. The fourth-order valence-corrected chi connectivity index (χ4v) is 2.82. The van der Waals surface area contributed by atoms with E-state index in [0.29, 0.717) is 23.4 Å². The van der Waals surface area contributed by atoms with Crippen LogP contribution in [0.25, 0.3) is 0 Å². The molecular formula is C14H15FN4OS. The molecule has 2 N–H and O–H groups in total. The Balaban J connectivity index is 1.81. The van der Waals surface area contributed by atoms with Gasteiger partial charge in [-0.15, -0.1) is 0 Å². The molecule has 0 amide bonds. The Kier molecular flexibility index (Phi) is 3.69. The topological polar surface area (TPSA) is 64.8 Å². The number of hydrogen-bond acceptors (Lipinski definition) is 4. The number of H-pyrrole nitrogens is 2. The molecule has 0 aromatic carbocycles. The van der Waals surface area contributed by atoms with Gasteiger partial charge in [-0.3, -0.25) is 14.7 Å². The van der Waals surface area contributed by atoms with Crippen molar-refractivity contribution in [3.8, 4) is 0 Å². The number of aromatic nitrogens is 3. The van der Waals surface area contributed by atoms with E-state index in [2.05, 4.69) is 19.9 Å². The Bertz CT molecular complexity index is 798. The summed E-state index contributed by atoms with van der Waals surface area (Å²) >= 11 is 4.98. The lowest BCUT2D eigenvalue weighted by Gasteiger charge is -2.27. The Morgan fingerprint density at radius 2 is 2.29 bits per heavy atom. The van der Waals surface area contributed by atoms with Gasteiger partial charge < -0.3 is 4.98 Å². The third-order valence-corrected chi connectivity index (χ3v) is 3.87. The van der Waals surface area contributed by atoms with E-state index in [1.807, 2.05) is 0 Å². The summed E-state index contributed by atoms with van der Waals surface area (Å²) in [6.45, 7) is 3.70. The van der Waals surface area contributed by atoms with Crippen LogP contribution in [0.1, 0.15) is 22.4 Å². The van der Waals surface area contributed by atoms with Gasteiger partial charge in [0.05, 0.1) is 5.56 Å². The maximum atomic E-state index is 13.2. The van der Waals surface area contributed by atoms with Crippen LogP contribution in [0.15, 0.2) is 17.1 Å². The van der Waals surface area contributed by atoms with Crippen LogP contribution in [-0.4, -0.2) is 26.4 Å². The quantitative estimate of drug-likeness (QED) is 0.656. The molecule has 0 saturated carbocycles. The van der Waals surface area contributed by atoms with Crippen molar-refractivity contribution in [1.82, 2.24) is 19.9 Å². The van der Waals surface area contributed by atoms with E-state index in [0.717, 1.165) is 29.8 Å². The van der Waals surface area contributed by atoms with Crippen LogP contribution in [0.5, 0.6) is 0 Å². The van der Waals surface area contributed by atoms with Crippen molar-refractivity contribution < 1.29 is 4.39 Å². The summed E-state index contributed by atoms with van der Waals surface area (Å²) in [5.74, 6) is -0.438. The van der Waals surface area contributed by atoms with Crippen molar-refractivity contribution in [1.29, 1.82) is 0 Å². The molecule has 7 heteroatoms. The predicted molar refractivity (Wildman–Crippen MR) is 79.0 cm³/mol. The normalized spacial score (nSPS) is 15.0. The Morgan fingerprint density at radius 1 is 1.48 bits per heavy atom. The SMILES string of the molecule is Cc1cc(CN2CCc3[nH]c(=S)[nH]c(=O)c3C2)cnc1F. The van der Waals surface area contributed by atoms with E-state index >= 15 is 0 Å². The van der Waals surface area contributed by atoms with Crippen molar-refractivity contribution in [2.24, 2.45) is 0 Å². The van der Waals surface area contributed by atoms with Crippen LogP contribution in [-0.2, 0) is 19.5 Å². The second-order valence-corrected chi connectivity index (χ2v) is 5.69. The van der Waals surface area contributed by atoms with Gasteiger partial charge in [0.2, 0.25) is 5.95 Å². The van der Waals surface area contributed by atoms with Gasteiger partial charge in [-0.1, -0.05) is 0 Å². The summed E-state index contributed by atoms with van der Waals surface area (Å²) < 4.78 is 13.5. The van der Waals surface area contributed by atoms with Gasteiger partial charge in [-0.25, -0.2) is 4.98 Å². The first-order chi connectivity index (χ1) is 10.0. The van der Waals surface area contributed by atoms with Crippen LogP contribution in [0, 0.1) is 17.6 Å². The maximum absolute atomic E-state index is 13.2. The Hall–Kier alpha value is -1.86. The third-order valence-electron chi connectivity index (χ3n) is 3.67. The van der Waals surface area contributed by atoms with Gasteiger partial charge in [-0.05, 0) is 30.8 Å². The number of nitrogens with zero attached hydrogens (tertiary/aromatic N) is 2. The minimum atomic E-state index is -0.438. The fourth-order valence-electron chi connectivity index (χ4n) is 2.61. The summed E-state index contributed by atoms with van der Waals surface area (Å²) in [6, 6.07) is 1.79. The molecule has 0 aliphatic carbocycles. The van der Waals surface area contributed by atoms with Crippen LogP contribution in [0.4, 0.5) is 4.39 Å². The number of aryl methyl sites for hydroxylation is 1. The molecule has 3 rings (SSSR count). The molecule has 0 spiro atoms. The number of hydrogen-bond donors (Lipinski definition) is 2. The molecule has 0 bridgehead atoms. The van der Waals surface area contributed by atoms with Crippen LogP contribution in [0.3, 0.4) is 0 Å². The van der Waals surface area contributed by atoms with Gasteiger partial charge in [0.15, 0.2) is 4.77 Å². The molecule has 2 aromatic heterocycles. The maximum Gasteiger partial charge on any atom is 0.256 e. The van der Waals surface area contributed by atoms with Gasteiger partial charge in [0.1, 0.15) is 0 Å². The van der Waals surface area contributed by atoms with E-state index in [1.165, 1.54) is 0 Å². The van der Waals surface area contributed by atoms with Gasteiger partial charge in [-0.2, -0.15) is 4.39 Å². The Morgan fingerprint density at radius 3 is 3.05 bits per heavy atom. The van der Waals surface area contributed by atoms with Gasteiger partial charge >= 0.3 is 0 Å².